The maximum atomic E-state index is 13.3. The molecule has 0 spiro atoms. The van der Waals surface area contributed by atoms with Gasteiger partial charge in [-0.3, -0.25) is 9.59 Å². The van der Waals surface area contributed by atoms with Crippen molar-refractivity contribution in [3.8, 4) is 0 Å². The van der Waals surface area contributed by atoms with E-state index in [1.807, 2.05) is 25.1 Å². The fourth-order valence-electron chi connectivity index (χ4n) is 4.28. The van der Waals surface area contributed by atoms with Gasteiger partial charge in [-0.1, -0.05) is 30.3 Å². The van der Waals surface area contributed by atoms with Crippen LogP contribution in [0.1, 0.15) is 31.7 Å². The van der Waals surface area contributed by atoms with E-state index in [2.05, 4.69) is 22.4 Å². The van der Waals surface area contributed by atoms with Crippen LogP contribution in [0.25, 0.3) is 10.9 Å². The first kappa shape index (κ1) is 23.2. The summed E-state index contributed by atoms with van der Waals surface area (Å²) in [7, 11) is -3.74. The summed E-state index contributed by atoms with van der Waals surface area (Å²) in [5.74, 6) is -0.462. The zero-order valence-corrected chi connectivity index (χ0v) is 19.5. The van der Waals surface area contributed by atoms with Crippen LogP contribution >= 0.6 is 0 Å². The molecule has 4 rings (SSSR count). The van der Waals surface area contributed by atoms with Crippen LogP contribution in [0, 0.1) is 5.92 Å². The average Bonchev–Trinajstić information content (AvgIpc) is 2.83. The number of aryl methyl sites for hydroxylation is 1. The zero-order chi connectivity index (χ0) is 23.4. The molecule has 3 aromatic rings. The lowest BCUT2D eigenvalue weighted by Crippen LogP contribution is -2.47. The van der Waals surface area contributed by atoms with Gasteiger partial charge in [0.2, 0.25) is 21.5 Å². The molecule has 2 heterocycles. The van der Waals surface area contributed by atoms with Crippen molar-refractivity contribution in [2.24, 2.45) is 5.92 Å². The number of piperidine rings is 1. The number of nitrogens with zero attached hydrogens (tertiary/aromatic N) is 1. The Bertz CT molecular complexity index is 1290. The Morgan fingerprint density at radius 1 is 1.15 bits per heavy atom. The highest BCUT2D eigenvalue weighted by Gasteiger charge is 2.33. The molecule has 0 unspecified atom stereocenters. The molecule has 2 N–H and O–H groups in total. The normalized spacial score (nSPS) is 18.2. The van der Waals surface area contributed by atoms with Gasteiger partial charge in [-0.25, -0.2) is 8.42 Å². The molecule has 8 heteroatoms. The van der Waals surface area contributed by atoms with Crippen molar-refractivity contribution >= 4 is 26.8 Å². The topological polar surface area (TPSA) is 99.3 Å². The third-order valence-corrected chi connectivity index (χ3v) is 8.05. The van der Waals surface area contributed by atoms with Crippen LogP contribution in [0.4, 0.5) is 0 Å². The molecule has 0 saturated carbocycles. The Labute approximate surface area is 193 Å². The minimum atomic E-state index is -3.74. The van der Waals surface area contributed by atoms with Gasteiger partial charge >= 0.3 is 0 Å². The lowest BCUT2D eigenvalue weighted by Gasteiger charge is -2.32. The summed E-state index contributed by atoms with van der Waals surface area (Å²) < 4.78 is 27.9. The fraction of sp³-hybridized carbons (Fsp3) is 0.360. The standard InChI is InChI=1S/C25H29N3O4S/c1-18(9-10-19-6-3-2-4-7-19)26-25(30)21-8-5-15-28(17-21)33(31,32)22-12-13-23-20(16-22)11-14-24(29)27-23/h2-4,6-7,11-14,16,18,21H,5,8-10,15,17H2,1H3,(H,26,30)(H,27,29)/t18-,21+/m0/s1. The number of pyridine rings is 1. The quantitative estimate of drug-likeness (QED) is 0.558. The zero-order valence-electron chi connectivity index (χ0n) is 18.7. The lowest BCUT2D eigenvalue weighted by molar-refractivity contribution is -0.126. The van der Waals surface area contributed by atoms with Crippen molar-refractivity contribution in [1.29, 1.82) is 0 Å². The average molecular weight is 468 g/mol. The summed E-state index contributed by atoms with van der Waals surface area (Å²) in [5.41, 5.74) is 1.58. The highest BCUT2D eigenvalue weighted by atomic mass is 32.2. The smallest absolute Gasteiger partial charge is 0.248 e. The monoisotopic (exact) mass is 467 g/mol. The van der Waals surface area contributed by atoms with Gasteiger partial charge in [0.25, 0.3) is 0 Å². The molecule has 1 aliphatic rings. The van der Waals surface area contributed by atoms with Gasteiger partial charge in [-0.05, 0) is 67.8 Å². The van der Waals surface area contributed by atoms with E-state index in [4.69, 9.17) is 0 Å². The Morgan fingerprint density at radius 3 is 2.73 bits per heavy atom. The molecule has 2 atom stereocenters. The van der Waals surface area contributed by atoms with E-state index in [1.165, 1.54) is 22.0 Å². The number of carbonyl (C=O) groups excluding carboxylic acids is 1. The highest BCUT2D eigenvalue weighted by Crippen LogP contribution is 2.26. The second-order valence-corrected chi connectivity index (χ2v) is 10.6. The number of benzene rings is 2. The van der Waals surface area contributed by atoms with Crippen molar-refractivity contribution in [1.82, 2.24) is 14.6 Å². The third-order valence-electron chi connectivity index (χ3n) is 6.19. The number of amides is 1. The third kappa shape index (κ3) is 5.51. The largest absolute Gasteiger partial charge is 0.353 e. The summed E-state index contributed by atoms with van der Waals surface area (Å²) in [6.07, 6.45) is 3.00. The molecule has 1 fully saturated rings. The minimum Gasteiger partial charge on any atom is -0.353 e. The van der Waals surface area contributed by atoms with Gasteiger partial charge in [0, 0.05) is 30.7 Å². The first-order valence-electron chi connectivity index (χ1n) is 11.3. The number of aromatic nitrogens is 1. The summed E-state index contributed by atoms with van der Waals surface area (Å²) in [6, 6.07) is 17.8. The molecule has 1 amide bonds. The number of hydrogen-bond acceptors (Lipinski definition) is 4. The summed E-state index contributed by atoms with van der Waals surface area (Å²) >= 11 is 0. The van der Waals surface area contributed by atoms with Gasteiger partial charge in [0.1, 0.15) is 0 Å². The maximum absolute atomic E-state index is 13.3. The minimum absolute atomic E-state index is 0.00679. The summed E-state index contributed by atoms with van der Waals surface area (Å²) in [6.45, 7) is 2.54. The van der Waals surface area contributed by atoms with E-state index in [-0.39, 0.29) is 34.9 Å². The van der Waals surface area contributed by atoms with Crippen LogP contribution in [-0.4, -0.2) is 42.7 Å². The van der Waals surface area contributed by atoms with Crippen LogP contribution in [0.2, 0.25) is 0 Å². The molecule has 1 aliphatic heterocycles. The predicted molar refractivity (Wildman–Crippen MR) is 128 cm³/mol. The molecular weight excluding hydrogens is 438 g/mol. The number of hydrogen-bond donors (Lipinski definition) is 2. The van der Waals surface area contributed by atoms with Crippen LogP contribution in [0.3, 0.4) is 0 Å². The number of sulfonamides is 1. The van der Waals surface area contributed by atoms with E-state index >= 15 is 0 Å². The van der Waals surface area contributed by atoms with Crippen molar-refractivity contribution < 1.29 is 13.2 Å². The fourth-order valence-corrected chi connectivity index (χ4v) is 5.84. The Hall–Kier alpha value is -2.97. The molecule has 0 bridgehead atoms. The van der Waals surface area contributed by atoms with Gasteiger partial charge in [0.15, 0.2) is 0 Å². The van der Waals surface area contributed by atoms with E-state index in [0.717, 1.165) is 12.8 Å². The molecule has 1 saturated heterocycles. The molecule has 174 valence electrons. The van der Waals surface area contributed by atoms with Crippen LogP contribution in [0.15, 0.2) is 70.4 Å². The molecule has 0 radical (unpaired) electrons. The van der Waals surface area contributed by atoms with Crippen LogP contribution in [0.5, 0.6) is 0 Å². The lowest BCUT2D eigenvalue weighted by atomic mass is 9.98. The van der Waals surface area contributed by atoms with E-state index in [9.17, 15) is 18.0 Å². The van der Waals surface area contributed by atoms with Gasteiger partial charge in [0.05, 0.1) is 10.8 Å². The number of rotatable bonds is 7. The first-order chi connectivity index (χ1) is 15.8. The van der Waals surface area contributed by atoms with Crippen LogP contribution in [-0.2, 0) is 21.2 Å². The van der Waals surface area contributed by atoms with E-state index in [0.29, 0.717) is 30.3 Å². The van der Waals surface area contributed by atoms with Crippen molar-refractivity contribution in [3.63, 3.8) is 0 Å². The van der Waals surface area contributed by atoms with Gasteiger partial charge in [-0.15, -0.1) is 0 Å². The number of carbonyl (C=O) groups is 1. The number of H-pyrrole nitrogens is 1. The van der Waals surface area contributed by atoms with Crippen molar-refractivity contribution in [2.45, 2.75) is 43.5 Å². The number of aromatic amines is 1. The molecule has 7 nitrogen and oxygen atoms in total. The first-order valence-corrected chi connectivity index (χ1v) is 12.7. The Balaban J connectivity index is 1.40. The van der Waals surface area contributed by atoms with E-state index < -0.39 is 10.0 Å². The Morgan fingerprint density at radius 2 is 1.94 bits per heavy atom. The molecule has 2 aromatic carbocycles. The maximum Gasteiger partial charge on any atom is 0.248 e. The van der Waals surface area contributed by atoms with Gasteiger partial charge < -0.3 is 10.3 Å². The SMILES string of the molecule is C[C@@H](CCc1ccccc1)NC(=O)[C@@H]1CCCN(S(=O)(=O)c2ccc3[nH]c(=O)ccc3c2)C1. The number of nitrogens with one attached hydrogen (secondary N) is 2. The molecular formula is C25H29N3O4S. The number of fused-ring (bicyclic) bond motifs is 1. The van der Waals surface area contributed by atoms with E-state index in [1.54, 1.807) is 18.2 Å². The molecule has 1 aromatic heterocycles. The second-order valence-electron chi connectivity index (χ2n) is 8.71. The summed E-state index contributed by atoms with van der Waals surface area (Å²) in [4.78, 5) is 27.2. The van der Waals surface area contributed by atoms with Gasteiger partial charge in [-0.2, -0.15) is 4.31 Å². The van der Waals surface area contributed by atoms with Crippen molar-refractivity contribution in [2.75, 3.05) is 13.1 Å². The summed E-state index contributed by atoms with van der Waals surface area (Å²) in [5, 5.41) is 3.71. The predicted octanol–water partition coefficient (Wildman–Crippen LogP) is 3.07. The molecule has 0 aliphatic carbocycles. The highest BCUT2D eigenvalue weighted by molar-refractivity contribution is 7.89. The second kappa shape index (κ2) is 9.89. The van der Waals surface area contributed by atoms with Crippen LogP contribution < -0.4 is 10.9 Å². The Kier molecular flexibility index (Phi) is 6.95. The van der Waals surface area contributed by atoms with Crippen molar-refractivity contribution in [3.05, 3.63) is 76.6 Å². The molecule has 33 heavy (non-hydrogen) atoms.